The monoisotopic (exact) mass is 366 g/mol. The molecule has 132 valence electrons. The van der Waals surface area contributed by atoms with Crippen molar-refractivity contribution < 1.29 is 12.8 Å². The largest absolute Gasteiger partial charge is 0.454 e. The Morgan fingerprint density at radius 3 is 2.50 bits per heavy atom. The summed E-state index contributed by atoms with van der Waals surface area (Å²) in [5.74, 6) is 0.723. The standard InChI is InChI=1S/C20H18N2O3S/c1-26(23,24)12-11-22-14-21-19(15-7-3-2-4-8-15)20(22)18-13-16-9-5-6-10-17(16)25-18/h2-10,13-14H,11-12H2,1H3. The van der Waals surface area contributed by atoms with Crippen LogP contribution in [0.15, 0.2) is 71.4 Å². The lowest BCUT2D eigenvalue weighted by Gasteiger charge is -2.08. The first-order valence-electron chi connectivity index (χ1n) is 8.28. The van der Waals surface area contributed by atoms with Crippen LogP contribution in [0.4, 0.5) is 0 Å². The van der Waals surface area contributed by atoms with Crippen molar-refractivity contribution in [2.75, 3.05) is 12.0 Å². The molecule has 0 atom stereocenters. The van der Waals surface area contributed by atoms with E-state index >= 15 is 0 Å². The normalized spacial score (nSPS) is 11.9. The van der Waals surface area contributed by atoms with Crippen LogP contribution in [0.5, 0.6) is 0 Å². The number of hydrogen-bond donors (Lipinski definition) is 0. The third-order valence-electron chi connectivity index (χ3n) is 4.25. The number of imidazole rings is 1. The molecular weight excluding hydrogens is 348 g/mol. The first-order chi connectivity index (χ1) is 12.5. The van der Waals surface area contributed by atoms with Crippen molar-refractivity contribution in [1.82, 2.24) is 9.55 Å². The summed E-state index contributed by atoms with van der Waals surface area (Å²) in [5, 5.41) is 0.998. The van der Waals surface area contributed by atoms with Crippen molar-refractivity contribution in [3.63, 3.8) is 0 Å². The molecule has 26 heavy (non-hydrogen) atoms. The number of rotatable bonds is 5. The van der Waals surface area contributed by atoms with E-state index in [1.54, 1.807) is 6.33 Å². The summed E-state index contributed by atoms with van der Waals surface area (Å²) in [7, 11) is -3.08. The van der Waals surface area contributed by atoms with E-state index < -0.39 is 9.84 Å². The molecule has 2 aromatic carbocycles. The van der Waals surface area contributed by atoms with Crippen LogP contribution in [-0.2, 0) is 16.4 Å². The van der Waals surface area contributed by atoms with Gasteiger partial charge in [-0.1, -0.05) is 48.5 Å². The summed E-state index contributed by atoms with van der Waals surface area (Å²) in [6.07, 6.45) is 2.92. The molecule has 0 N–H and O–H groups in total. The third kappa shape index (κ3) is 3.28. The van der Waals surface area contributed by atoms with Crippen LogP contribution in [-0.4, -0.2) is 30.0 Å². The Hall–Kier alpha value is -2.86. The minimum absolute atomic E-state index is 0.0464. The maximum absolute atomic E-state index is 11.6. The highest BCUT2D eigenvalue weighted by Gasteiger charge is 2.19. The van der Waals surface area contributed by atoms with E-state index in [0.29, 0.717) is 12.3 Å². The number of sulfone groups is 1. The Kier molecular flexibility index (Phi) is 4.12. The van der Waals surface area contributed by atoms with E-state index in [1.165, 1.54) is 6.26 Å². The highest BCUT2D eigenvalue weighted by molar-refractivity contribution is 7.90. The lowest BCUT2D eigenvalue weighted by Crippen LogP contribution is -2.11. The van der Waals surface area contributed by atoms with Gasteiger partial charge in [-0.25, -0.2) is 13.4 Å². The van der Waals surface area contributed by atoms with Crippen LogP contribution in [0.1, 0.15) is 0 Å². The topological polar surface area (TPSA) is 65.1 Å². The van der Waals surface area contributed by atoms with Crippen molar-refractivity contribution in [2.45, 2.75) is 6.54 Å². The number of fused-ring (bicyclic) bond motifs is 1. The summed E-state index contributed by atoms with van der Waals surface area (Å²) < 4.78 is 31.1. The van der Waals surface area contributed by atoms with Crippen LogP contribution in [0.3, 0.4) is 0 Å². The molecule has 0 aliphatic carbocycles. The SMILES string of the molecule is CS(=O)(=O)CCn1cnc(-c2ccccc2)c1-c1cc2ccccc2o1. The quantitative estimate of drug-likeness (QED) is 0.535. The molecular formula is C20H18N2O3S. The minimum atomic E-state index is -3.08. The lowest BCUT2D eigenvalue weighted by atomic mass is 10.1. The number of hydrogen-bond acceptors (Lipinski definition) is 4. The van der Waals surface area contributed by atoms with Crippen molar-refractivity contribution >= 4 is 20.8 Å². The molecule has 0 amide bonds. The van der Waals surface area contributed by atoms with Gasteiger partial charge in [-0.15, -0.1) is 0 Å². The van der Waals surface area contributed by atoms with Gasteiger partial charge in [0.2, 0.25) is 0 Å². The van der Waals surface area contributed by atoms with E-state index in [2.05, 4.69) is 4.98 Å². The Morgan fingerprint density at radius 2 is 1.77 bits per heavy atom. The molecule has 2 aromatic heterocycles. The maximum atomic E-state index is 11.6. The summed E-state index contributed by atoms with van der Waals surface area (Å²) in [5.41, 5.74) is 3.31. The molecule has 6 heteroatoms. The van der Waals surface area contributed by atoms with Crippen molar-refractivity contribution in [3.05, 3.63) is 67.0 Å². The molecule has 2 heterocycles. The van der Waals surface area contributed by atoms with Crippen molar-refractivity contribution in [2.24, 2.45) is 0 Å². The van der Waals surface area contributed by atoms with Gasteiger partial charge in [-0.05, 0) is 12.1 Å². The zero-order valence-corrected chi connectivity index (χ0v) is 15.1. The molecule has 0 aliphatic rings. The van der Waals surface area contributed by atoms with E-state index in [1.807, 2.05) is 65.2 Å². The van der Waals surface area contributed by atoms with Crippen LogP contribution in [0.25, 0.3) is 33.7 Å². The second kappa shape index (κ2) is 6.46. The fourth-order valence-electron chi connectivity index (χ4n) is 2.98. The van der Waals surface area contributed by atoms with Crippen LogP contribution in [0, 0.1) is 0 Å². The summed E-state index contributed by atoms with van der Waals surface area (Å²) in [6, 6.07) is 19.6. The van der Waals surface area contributed by atoms with Gasteiger partial charge < -0.3 is 8.98 Å². The molecule has 4 rings (SSSR count). The van der Waals surface area contributed by atoms with E-state index in [0.717, 1.165) is 27.9 Å². The van der Waals surface area contributed by atoms with Gasteiger partial charge in [0.25, 0.3) is 0 Å². The van der Waals surface area contributed by atoms with Gasteiger partial charge in [0.15, 0.2) is 5.76 Å². The first-order valence-corrected chi connectivity index (χ1v) is 10.3. The highest BCUT2D eigenvalue weighted by Crippen LogP contribution is 2.34. The number of benzene rings is 2. The van der Waals surface area contributed by atoms with Gasteiger partial charge in [-0.3, -0.25) is 0 Å². The number of aryl methyl sites for hydroxylation is 1. The van der Waals surface area contributed by atoms with Crippen LogP contribution < -0.4 is 0 Å². The van der Waals surface area contributed by atoms with Gasteiger partial charge in [0.05, 0.1) is 17.8 Å². The maximum Gasteiger partial charge on any atom is 0.154 e. The number of aromatic nitrogens is 2. The van der Waals surface area contributed by atoms with Crippen molar-refractivity contribution in [3.8, 4) is 22.7 Å². The zero-order chi connectivity index (χ0) is 18.1. The molecule has 0 bridgehead atoms. The van der Waals surface area contributed by atoms with Crippen molar-refractivity contribution in [1.29, 1.82) is 0 Å². The third-order valence-corrected chi connectivity index (χ3v) is 5.17. The minimum Gasteiger partial charge on any atom is -0.454 e. The highest BCUT2D eigenvalue weighted by atomic mass is 32.2. The summed E-state index contributed by atoms with van der Waals surface area (Å²) >= 11 is 0. The van der Waals surface area contributed by atoms with Crippen LogP contribution in [0.2, 0.25) is 0 Å². The molecule has 0 saturated heterocycles. The van der Waals surface area contributed by atoms with E-state index in [-0.39, 0.29) is 5.75 Å². The Labute approximate surface area is 151 Å². The Bertz CT molecular complexity index is 1130. The van der Waals surface area contributed by atoms with Gasteiger partial charge >= 0.3 is 0 Å². The van der Waals surface area contributed by atoms with Gasteiger partial charge in [0.1, 0.15) is 21.1 Å². The molecule has 5 nitrogen and oxygen atoms in total. The van der Waals surface area contributed by atoms with Gasteiger partial charge in [-0.2, -0.15) is 0 Å². The summed E-state index contributed by atoms with van der Waals surface area (Å²) in [4.78, 5) is 4.54. The lowest BCUT2D eigenvalue weighted by molar-refractivity contribution is 0.591. The van der Waals surface area contributed by atoms with Crippen LogP contribution >= 0.6 is 0 Å². The molecule has 0 aliphatic heterocycles. The Morgan fingerprint density at radius 1 is 1.04 bits per heavy atom. The number of furan rings is 1. The van der Waals surface area contributed by atoms with Gasteiger partial charge in [0, 0.05) is 23.8 Å². The second-order valence-electron chi connectivity index (χ2n) is 6.28. The molecule has 0 radical (unpaired) electrons. The average molecular weight is 366 g/mol. The summed E-state index contributed by atoms with van der Waals surface area (Å²) in [6.45, 7) is 0.324. The number of nitrogens with zero attached hydrogens (tertiary/aromatic N) is 2. The zero-order valence-electron chi connectivity index (χ0n) is 14.3. The van der Waals surface area contributed by atoms with E-state index in [4.69, 9.17) is 4.42 Å². The number of para-hydroxylation sites is 1. The Balaban J connectivity index is 1.87. The predicted molar refractivity (Wildman–Crippen MR) is 103 cm³/mol. The first kappa shape index (κ1) is 16.6. The fraction of sp³-hybridized carbons (Fsp3) is 0.150. The smallest absolute Gasteiger partial charge is 0.154 e. The molecule has 4 aromatic rings. The fourth-order valence-corrected chi connectivity index (χ4v) is 3.51. The molecule has 0 unspecified atom stereocenters. The predicted octanol–water partition coefficient (Wildman–Crippen LogP) is 4.01. The molecule has 0 spiro atoms. The molecule has 0 fully saturated rings. The average Bonchev–Trinajstić information content (AvgIpc) is 3.23. The molecule has 0 saturated carbocycles. The van der Waals surface area contributed by atoms with E-state index in [9.17, 15) is 8.42 Å². The second-order valence-corrected chi connectivity index (χ2v) is 8.54.